The summed E-state index contributed by atoms with van der Waals surface area (Å²) in [4.78, 5) is 12.9. The minimum atomic E-state index is -0.481. The van der Waals surface area contributed by atoms with Gasteiger partial charge in [0.25, 0.3) is 0 Å². The predicted octanol–water partition coefficient (Wildman–Crippen LogP) is -2.89. The summed E-state index contributed by atoms with van der Waals surface area (Å²) in [5.74, 6) is 0.462. The van der Waals surface area contributed by atoms with Crippen molar-refractivity contribution in [3.05, 3.63) is 23.8 Å². The number of hydrogen-bond acceptors (Lipinski definition) is 2. The van der Waals surface area contributed by atoms with Crippen LogP contribution in [0.1, 0.15) is 27.2 Å². The molecule has 0 aromatic heterocycles. The number of esters is 1. The molecule has 1 aliphatic carbocycles. The van der Waals surface area contributed by atoms with Gasteiger partial charge in [-0.1, -0.05) is 32.1 Å². The number of nitrogens with zero attached hydrogens (tertiary/aromatic N) is 2. The molecule has 6 heteroatoms. The van der Waals surface area contributed by atoms with Gasteiger partial charge in [-0.3, -0.25) is 4.79 Å². The molecule has 1 rings (SSSR count). The first kappa shape index (κ1) is 28.7. The third-order valence-corrected chi connectivity index (χ3v) is 5.16. The standard InChI is InChI=1S/C21H40N2O2.2ClH/c1-10-21(3,20(24)25-14-13-22(4,5)6)19-15-18(12-11-17(19)2)16-23(7,8)9;;/h11-12,15,17,19H,10,13-14,16H2,1-9H3;2*1H/q+2;;/p-2. The van der Waals surface area contributed by atoms with Crippen LogP contribution in [-0.4, -0.2) is 76.9 Å². The van der Waals surface area contributed by atoms with Crippen molar-refractivity contribution in [3.63, 3.8) is 0 Å². The second-order valence-electron chi connectivity index (χ2n) is 9.85. The molecule has 0 spiro atoms. The van der Waals surface area contributed by atoms with Crippen LogP contribution in [0.3, 0.4) is 0 Å². The Morgan fingerprint density at radius 3 is 2.11 bits per heavy atom. The van der Waals surface area contributed by atoms with E-state index in [0.29, 0.717) is 12.5 Å². The Balaban J connectivity index is 0. The molecule has 0 saturated heterocycles. The normalized spacial score (nSPS) is 22.0. The zero-order valence-electron chi connectivity index (χ0n) is 18.7. The van der Waals surface area contributed by atoms with Gasteiger partial charge in [-0.2, -0.15) is 0 Å². The number of hydrogen-bond donors (Lipinski definition) is 0. The van der Waals surface area contributed by atoms with Gasteiger partial charge in [-0.05, 0) is 25.2 Å². The summed E-state index contributed by atoms with van der Waals surface area (Å²) >= 11 is 0. The summed E-state index contributed by atoms with van der Waals surface area (Å²) in [5.41, 5.74) is 0.833. The third kappa shape index (κ3) is 8.99. The van der Waals surface area contributed by atoms with Crippen molar-refractivity contribution in [2.24, 2.45) is 17.3 Å². The molecule has 0 bridgehead atoms. The van der Waals surface area contributed by atoms with Crippen LogP contribution < -0.4 is 24.8 Å². The van der Waals surface area contributed by atoms with Crippen LogP contribution in [-0.2, 0) is 9.53 Å². The Hall–Kier alpha value is -0.550. The van der Waals surface area contributed by atoms with E-state index in [2.05, 4.69) is 81.3 Å². The lowest BCUT2D eigenvalue weighted by molar-refractivity contribution is -0.870. The number of quaternary nitrogens is 2. The SMILES string of the molecule is CCC(C)(C(=O)OCC[N+](C)(C)C)C1C=C(C[N+](C)(C)C)C=CC1C.[Cl-].[Cl-]. The number of likely N-dealkylation sites (N-methyl/N-ethyl adjacent to an activating group) is 2. The molecule has 0 aliphatic heterocycles. The van der Waals surface area contributed by atoms with Gasteiger partial charge in [0, 0.05) is 5.57 Å². The molecule has 0 fully saturated rings. The highest BCUT2D eigenvalue weighted by molar-refractivity contribution is 5.77. The van der Waals surface area contributed by atoms with Crippen molar-refractivity contribution >= 4 is 5.97 Å². The van der Waals surface area contributed by atoms with E-state index in [4.69, 9.17) is 4.74 Å². The van der Waals surface area contributed by atoms with E-state index >= 15 is 0 Å². The van der Waals surface area contributed by atoms with Crippen molar-refractivity contribution in [3.8, 4) is 0 Å². The maximum absolute atomic E-state index is 12.9. The first-order chi connectivity index (χ1) is 11.3. The van der Waals surface area contributed by atoms with Crippen LogP contribution in [0.25, 0.3) is 0 Å². The first-order valence-electron chi connectivity index (χ1n) is 9.45. The van der Waals surface area contributed by atoms with Crippen molar-refractivity contribution in [2.75, 3.05) is 62.0 Å². The molecule has 0 amide bonds. The molecule has 0 saturated carbocycles. The van der Waals surface area contributed by atoms with E-state index < -0.39 is 5.41 Å². The minimum absolute atomic E-state index is 0. The summed E-state index contributed by atoms with van der Waals surface area (Å²) < 4.78 is 7.38. The molecule has 0 aromatic rings. The van der Waals surface area contributed by atoms with Crippen LogP contribution in [0.4, 0.5) is 0 Å². The van der Waals surface area contributed by atoms with Crippen LogP contribution in [0, 0.1) is 17.3 Å². The molecular weight excluding hydrogens is 383 g/mol. The third-order valence-electron chi connectivity index (χ3n) is 5.16. The van der Waals surface area contributed by atoms with Crippen LogP contribution >= 0.6 is 0 Å². The largest absolute Gasteiger partial charge is 1.00 e. The van der Waals surface area contributed by atoms with E-state index in [9.17, 15) is 4.79 Å². The highest BCUT2D eigenvalue weighted by atomic mass is 35.5. The smallest absolute Gasteiger partial charge is 0.312 e. The summed E-state index contributed by atoms with van der Waals surface area (Å²) in [6.45, 7) is 8.64. The number of carbonyl (C=O) groups excluding carboxylic acids is 1. The van der Waals surface area contributed by atoms with E-state index in [0.717, 1.165) is 28.5 Å². The Kier molecular flexibility index (Phi) is 11.5. The Bertz CT molecular complexity index is 533. The Morgan fingerprint density at radius 2 is 1.67 bits per heavy atom. The summed E-state index contributed by atoms with van der Waals surface area (Å²) in [6, 6.07) is 0. The molecule has 1 aliphatic rings. The van der Waals surface area contributed by atoms with E-state index in [-0.39, 0.29) is 36.7 Å². The van der Waals surface area contributed by atoms with Crippen LogP contribution in [0.2, 0.25) is 0 Å². The molecule has 4 nitrogen and oxygen atoms in total. The number of halogens is 2. The van der Waals surface area contributed by atoms with Gasteiger partial charge in [0.1, 0.15) is 19.7 Å². The van der Waals surface area contributed by atoms with Gasteiger partial charge in [0.15, 0.2) is 0 Å². The number of allylic oxidation sites excluding steroid dienone is 2. The van der Waals surface area contributed by atoms with Crippen molar-refractivity contribution < 1.29 is 43.3 Å². The second-order valence-corrected chi connectivity index (χ2v) is 9.85. The number of rotatable bonds is 8. The average Bonchev–Trinajstić information content (AvgIpc) is 2.45. The maximum atomic E-state index is 12.9. The lowest BCUT2D eigenvalue weighted by Crippen LogP contribution is -3.00. The molecule has 3 unspecified atom stereocenters. The van der Waals surface area contributed by atoms with E-state index in [1.54, 1.807) is 0 Å². The van der Waals surface area contributed by atoms with Gasteiger partial charge in [-0.25, -0.2) is 0 Å². The topological polar surface area (TPSA) is 26.3 Å². The maximum Gasteiger partial charge on any atom is 0.312 e. The fraction of sp³-hybridized carbons (Fsp3) is 0.762. The van der Waals surface area contributed by atoms with Gasteiger partial charge < -0.3 is 38.5 Å². The minimum Gasteiger partial charge on any atom is -1.00 e. The van der Waals surface area contributed by atoms with Gasteiger partial charge in [-0.15, -0.1) is 0 Å². The zero-order chi connectivity index (χ0) is 19.5. The fourth-order valence-corrected chi connectivity index (χ4v) is 3.34. The number of carbonyl (C=O) groups is 1. The van der Waals surface area contributed by atoms with Crippen molar-refractivity contribution in [1.29, 1.82) is 0 Å². The Labute approximate surface area is 179 Å². The highest BCUT2D eigenvalue weighted by Crippen LogP contribution is 2.41. The van der Waals surface area contributed by atoms with Gasteiger partial charge in [0.2, 0.25) is 0 Å². The molecule has 3 atom stereocenters. The number of ether oxygens (including phenoxy) is 1. The summed E-state index contributed by atoms with van der Waals surface area (Å²) in [7, 11) is 12.9. The molecule has 0 aromatic carbocycles. The van der Waals surface area contributed by atoms with Gasteiger partial charge in [0.05, 0.1) is 47.7 Å². The van der Waals surface area contributed by atoms with Crippen LogP contribution in [0.15, 0.2) is 23.8 Å². The first-order valence-corrected chi connectivity index (χ1v) is 9.45. The Morgan fingerprint density at radius 1 is 1.11 bits per heavy atom. The fourth-order valence-electron chi connectivity index (χ4n) is 3.34. The lowest BCUT2D eigenvalue weighted by atomic mass is 9.67. The average molecular weight is 423 g/mol. The predicted molar refractivity (Wildman–Crippen MR) is 105 cm³/mol. The van der Waals surface area contributed by atoms with E-state index in [1.807, 2.05) is 0 Å². The van der Waals surface area contributed by atoms with Crippen molar-refractivity contribution in [1.82, 2.24) is 0 Å². The highest BCUT2D eigenvalue weighted by Gasteiger charge is 2.43. The molecule has 160 valence electrons. The molecule has 0 radical (unpaired) electrons. The van der Waals surface area contributed by atoms with E-state index in [1.165, 1.54) is 5.57 Å². The summed E-state index contributed by atoms with van der Waals surface area (Å²) in [5, 5.41) is 0. The van der Waals surface area contributed by atoms with Gasteiger partial charge >= 0.3 is 5.97 Å². The van der Waals surface area contributed by atoms with Crippen LogP contribution in [0.5, 0.6) is 0 Å². The lowest BCUT2D eigenvalue weighted by Gasteiger charge is -2.38. The van der Waals surface area contributed by atoms with Crippen molar-refractivity contribution in [2.45, 2.75) is 27.2 Å². The second kappa shape index (κ2) is 10.8. The quantitative estimate of drug-likeness (QED) is 0.310. The molecule has 0 heterocycles. The monoisotopic (exact) mass is 422 g/mol. The molecular formula is C21H40Cl2N2O2. The molecule has 27 heavy (non-hydrogen) atoms. The zero-order valence-corrected chi connectivity index (χ0v) is 20.2. The molecule has 0 N–H and O–H groups in total. The summed E-state index contributed by atoms with van der Waals surface area (Å²) in [6.07, 6.45) is 7.58.